The summed E-state index contributed by atoms with van der Waals surface area (Å²) in [6.07, 6.45) is 3.87. The fourth-order valence-corrected chi connectivity index (χ4v) is 4.42. The fourth-order valence-electron chi connectivity index (χ4n) is 3.64. The molecule has 1 aliphatic rings. The Morgan fingerprint density at radius 2 is 2.03 bits per heavy atom. The third kappa shape index (κ3) is 5.40. The topological polar surface area (TPSA) is 58.4 Å². The van der Waals surface area contributed by atoms with Crippen molar-refractivity contribution in [3.63, 3.8) is 0 Å². The Morgan fingerprint density at radius 1 is 1.17 bits per heavy atom. The van der Waals surface area contributed by atoms with Crippen LogP contribution in [0.25, 0.3) is 11.1 Å². The number of aryl methyl sites for hydroxylation is 1. The molecule has 1 fully saturated rings. The number of fused-ring (bicyclic) bond motifs is 1. The first-order chi connectivity index (χ1) is 14.2. The molecular weight excluding hydrogens is 382 g/mol. The van der Waals surface area contributed by atoms with Gasteiger partial charge in [0.1, 0.15) is 5.52 Å². The Hall–Kier alpha value is -2.31. The Bertz CT molecular complexity index is 979. The lowest BCUT2D eigenvalue weighted by Gasteiger charge is -2.26. The quantitative estimate of drug-likeness (QED) is 0.576. The van der Waals surface area contributed by atoms with Gasteiger partial charge >= 0.3 is 0 Å². The molecule has 1 aliphatic heterocycles. The SMILES string of the molecule is Cc1ccc2oc(SCc3cccc(C(=O)NCCN4CCCCC4)c3)nc2c1. The number of oxazole rings is 1. The van der Waals surface area contributed by atoms with E-state index in [2.05, 4.69) is 15.2 Å². The number of nitrogens with zero attached hydrogens (tertiary/aromatic N) is 2. The number of piperidine rings is 1. The summed E-state index contributed by atoms with van der Waals surface area (Å²) < 4.78 is 5.80. The normalized spacial score (nSPS) is 14.9. The number of likely N-dealkylation sites (tertiary alicyclic amines) is 1. The molecule has 1 amide bonds. The van der Waals surface area contributed by atoms with Crippen LogP contribution in [0, 0.1) is 6.92 Å². The third-order valence-corrected chi connectivity index (χ3v) is 6.14. The van der Waals surface area contributed by atoms with Crippen LogP contribution in [0.5, 0.6) is 0 Å². The summed E-state index contributed by atoms with van der Waals surface area (Å²) >= 11 is 1.55. The molecule has 2 aromatic carbocycles. The molecule has 152 valence electrons. The van der Waals surface area contributed by atoms with Crippen LogP contribution in [0.2, 0.25) is 0 Å². The Balaban J connectivity index is 1.30. The number of amides is 1. The van der Waals surface area contributed by atoms with E-state index in [-0.39, 0.29) is 5.91 Å². The van der Waals surface area contributed by atoms with Gasteiger partial charge in [0.2, 0.25) is 0 Å². The minimum atomic E-state index is -0.00815. The van der Waals surface area contributed by atoms with Crippen LogP contribution in [0.4, 0.5) is 0 Å². The van der Waals surface area contributed by atoms with E-state index in [4.69, 9.17) is 4.42 Å². The maximum Gasteiger partial charge on any atom is 0.257 e. The van der Waals surface area contributed by atoms with E-state index < -0.39 is 0 Å². The minimum absolute atomic E-state index is 0.00815. The summed E-state index contributed by atoms with van der Waals surface area (Å²) in [7, 11) is 0. The molecule has 3 aromatic rings. The van der Waals surface area contributed by atoms with Crippen LogP contribution in [0.1, 0.15) is 40.7 Å². The number of carbonyl (C=O) groups excluding carboxylic acids is 1. The molecule has 0 radical (unpaired) electrons. The number of benzene rings is 2. The monoisotopic (exact) mass is 409 g/mol. The molecule has 1 aromatic heterocycles. The van der Waals surface area contributed by atoms with Gasteiger partial charge in [0.15, 0.2) is 5.58 Å². The zero-order chi connectivity index (χ0) is 20.1. The van der Waals surface area contributed by atoms with Gasteiger partial charge in [0.05, 0.1) is 0 Å². The molecular formula is C23H27N3O2S. The molecule has 4 rings (SSSR count). The second kappa shape index (κ2) is 9.46. The molecule has 29 heavy (non-hydrogen) atoms. The zero-order valence-corrected chi connectivity index (χ0v) is 17.6. The van der Waals surface area contributed by atoms with Gasteiger partial charge in [-0.05, 0) is 68.2 Å². The van der Waals surface area contributed by atoms with Gasteiger partial charge in [0.25, 0.3) is 11.1 Å². The summed E-state index contributed by atoms with van der Waals surface area (Å²) in [4.78, 5) is 19.5. The number of hydrogen-bond acceptors (Lipinski definition) is 5. The first kappa shape index (κ1) is 20.0. The van der Waals surface area contributed by atoms with E-state index >= 15 is 0 Å². The highest BCUT2D eigenvalue weighted by atomic mass is 32.2. The van der Waals surface area contributed by atoms with Crippen LogP contribution in [-0.2, 0) is 5.75 Å². The molecule has 0 aliphatic carbocycles. The van der Waals surface area contributed by atoms with Gasteiger partial charge in [-0.15, -0.1) is 0 Å². The average Bonchev–Trinajstić information content (AvgIpc) is 3.15. The molecule has 5 nitrogen and oxygen atoms in total. The van der Waals surface area contributed by atoms with Crippen molar-refractivity contribution in [1.29, 1.82) is 0 Å². The maximum absolute atomic E-state index is 12.5. The lowest BCUT2D eigenvalue weighted by molar-refractivity contribution is 0.0946. The summed E-state index contributed by atoms with van der Waals surface area (Å²) in [6.45, 7) is 5.97. The highest BCUT2D eigenvalue weighted by molar-refractivity contribution is 7.98. The van der Waals surface area contributed by atoms with Gasteiger partial charge in [-0.3, -0.25) is 4.79 Å². The second-order valence-electron chi connectivity index (χ2n) is 7.60. The number of rotatable bonds is 7. The van der Waals surface area contributed by atoms with E-state index in [0.717, 1.165) is 36.3 Å². The van der Waals surface area contributed by atoms with Crippen LogP contribution in [0.15, 0.2) is 52.1 Å². The van der Waals surface area contributed by atoms with Crippen LogP contribution in [0.3, 0.4) is 0 Å². The lowest BCUT2D eigenvalue weighted by atomic mass is 10.1. The molecule has 1 N–H and O–H groups in total. The maximum atomic E-state index is 12.5. The number of nitrogens with one attached hydrogen (secondary N) is 1. The van der Waals surface area contributed by atoms with Crippen molar-refractivity contribution in [2.45, 2.75) is 37.2 Å². The summed E-state index contributed by atoms with van der Waals surface area (Å²) in [6, 6.07) is 13.8. The number of aromatic nitrogens is 1. The largest absolute Gasteiger partial charge is 0.431 e. The fraction of sp³-hybridized carbons (Fsp3) is 0.391. The van der Waals surface area contributed by atoms with E-state index in [0.29, 0.717) is 23.1 Å². The van der Waals surface area contributed by atoms with E-state index in [1.807, 2.05) is 49.4 Å². The molecule has 6 heteroatoms. The van der Waals surface area contributed by atoms with Gasteiger partial charge in [-0.2, -0.15) is 0 Å². The Kier molecular flexibility index (Phi) is 6.52. The molecule has 0 spiro atoms. The highest BCUT2D eigenvalue weighted by Gasteiger charge is 2.12. The highest BCUT2D eigenvalue weighted by Crippen LogP contribution is 2.27. The van der Waals surface area contributed by atoms with Gasteiger partial charge in [-0.25, -0.2) is 4.98 Å². The van der Waals surface area contributed by atoms with Crippen molar-refractivity contribution in [1.82, 2.24) is 15.2 Å². The summed E-state index contributed by atoms with van der Waals surface area (Å²) in [5.41, 5.74) is 4.64. The van der Waals surface area contributed by atoms with Crippen molar-refractivity contribution < 1.29 is 9.21 Å². The van der Waals surface area contributed by atoms with E-state index in [1.54, 1.807) is 11.8 Å². The van der Waals surface area contributed by atoms with Crippen molar-refractivity contribution >= 4 is 28.8 Å². The molecule has 2 heterocycles. The minimum Gasteiger partial charge on any atom is -0.431 e. The first-order valence-electron chi connectivity index (χ1n) is 10.3. The predicted octanol–water partition coefficient (Wildman–Crippen LogP) is 4.64. The van der Waals surface area contributed by atoms with Gasteiger partial charge in [0, 0.05) is 24.4 Å². The van der Waals surface area contributed by atoms with Crippen LogP contribution < -0.4 is 5.32 Å². The smallest absolute Gasteiger partial charge is 0.257 e. The van der Waals surface area contributed by atoms with Gasteiger partial charge in [-0.1, -0.05) is 36.4 Å². The van der Waals surface area contributed by atoms with Gasteiger partial charge < -0.3 is 14.6 Å². The average molecular weight is 410 g/mol. The number of hydrogen-bond donors (Lipinski definition) is 1. The first-order valence-corrected chi connectivity index (χ1v) is 11.3. The lowest BCUT2D eigenvalue weighted by Crippen LogP contribution is -2.37. The second-order valence-corrected chi connectivity index (χ2v) is 8.52. The number of thioether (sulfide) groups is 1. The van der Waals surface area contributed by atoms with E-state index in [9.17, 15) is 4.79 Å². The molecule has 1 saturated heterocycles. The van der Waals surface area contributed by atoms with Crippen molar-refractivity contribution in [2.75, 3.05) is 26.2 Å². The Labute approximate surface area is 175 Å². The van der Waals surface area contributed by atoms with Crippen molar-refractivity contribution in [3.05, 3.63) is 59.2 Å². The third-order valence-electron chi connectivity index (χ3n) is 5.24. The predicted molar refractivity (Wildman–Crippen MR) is 117 cm³/mol. The van der Waals surface area contributed by atoms with Crippen molar-refractivity contribution in [3.8, 4) is 0 Å². The molecule has 0 atom stereocenters. The molecule has 0 saturated carbocycles. The number of carbonyl (C=O) groups is 1. The Morgan fingerprint density at radius 3 is 2.90 bits per heavy atom. The summed E-state index contributed by atoms with van der Waals surface area (Å²) in [5, 5.41) is 3.71. The van der Waals surface area contributed by atoms with E-state index in [1.165, 1.54) is 24.8 Å². The van der Waals surface area contributed by atoms with Crippen LogP contribution >= 0.6 is 11.8 Å². The summed E-state index contributed by atoms with van der Waals surface area (Å²) in [5.74, 6) is 0.701. The molecule has 0 unspecified atom stereocenters. The standard InChI is InChI=1S/C23H27N3O2S/c1-17-8-9-21-20(14-17)25-23(28-21)29-16-18-6-5-7-19(15-18)22(27)24-10-13-26-11-3-2-4-12-26/h5-9,14-15H,2-4,10-13,16H2,1H3,(H,24,27). The molecule has 0 bridgehead atoms. The zero-order valence-electron chi connectivity index (χ0n) is 16.8. The van der Waals surface area contributed by atoms with Crippen molar-refractivity contribution in [2.24, 2.45) is 0 Å². The van der Waals surface area contributed by atoms with Crippen LogP contribution in [-0.4, -0.2) is 42.0 Å².